The molecule has 0 atom stereocenters. The van der Waals surface area contributed by atoms with Crippen molar-refractivity contribution >= 4 is 5.78 Å². The molecule has 0 aromatic carbocycles. The van der Waals surface area contributed by atoms with E-state index in [2.05, 4.69) is 12.2 Å². The van der Waals surface area contributed by atoms with Crippen LogP contribution in [-0.4, -0.2) is 18.4 Å². The van der Waals surface area contributed by atoms with Gasteiger partial charge < -0.3 is 5.32 Å². The molecule has 0 bridgehead atoms. The van der Waals surface area contributed by atoms with Gasteiger partial charge in [-0.2, -0.15) is 0 Å². The lowest BCUT2D eigenvalue weighted by Gasteiger charge is -2.32. The number of Topliss-reactive ketones (excluding diaryl/α,β-unsaturated/α-hetero) is 1. The zero-order valence-electron chi connectivity index (χ0n) is 10.6. The SMILES string of the molecule is CCC1CCC(C(=O)C(C)(C)NC)CC1. The highest BCUT2D eigenvalue weighted by atomic mass is 16.1. The first-order valence-corrected chi connectivity index (χ1v) is 6.24. The van der Waals surface area contributed by atoms with Crippen LogP contribution in [0.1, 0.15) is 52.9 Å². The van der Waals surface area contributed by atoms with E-state index >= 15 is 0 Å². The van der Waals surface area contributed by atoms with Crippen LogP contribution in [0.25, 0.3) is 0 Å². The molecule has 0 aromatic heterocycles. The van der Waals surface area contributed by atoms with Crippen molar-refractivity contribution in [1.82, 2.24) is 5.32 Å². The molecule has 2 heteroatoms. The van der Waals surface area contributed by atoms with Crippen molar-refractivity contribution in [3.05, 3.63) is 0 Å². The van der Waals surface area contributed by atoms with Gasteiger partial charge in [0.1, 0.15) is 0 Å². The highest BCUT2D eigenvalue weighted by molar-refractivity contribution is 5.89. The fourth-order valence-corrected chi connectivity index (χ4v) is 2.47. The Labute approximate surface area is 93.8 Å². The second-order valence-corrected chi connectivity index (χ2v) is 5.37. The summed E-state index contributed by atoms with van der Waals surface area (Å²) in [5.74, 6) is 1.57. The van der Waals surface area contributed by atoms with Crippen molar-refractivity contribution in [2.75, 3.05) is 7.05 Å². The summed E-state index contributed by atoms with van der Waals surface area (Å²) in [5.41, 5.74) is -0.344. The molecule has 1 fully saturated rings. The molecular formula is C13H25NO. The minimum atomic E-state index is -0.344. The molecule has 88 valence electrons. The summed E-state index contributed by atoms with van der Waals surface area (Å²) in [7, 11) is 1.87. The molecule has 1 saturated carbocycles. The van der Waals surface area contributed by atoms with Gasteiger partial charge in [-0.3, -0.25) is 4.79 Å². The molecule has 1 N–H and O–H groups in total. The molecular weight excluding hydrogens is 186 g/mol. The number of likely N-dealkylation sites (N-methyl/N-ethyl adjacent to an activating group) is 1. The van der Waals surface area contributed by atoms with Crippen molar-refractivity contribution in [2.24, 2.45) is 11.8 Å². The van der Waals surface area contributed by atoms with E-state index in [0.29, 0.717) is 11.7 Å². The average Bonchev–Trinajstić information content (AvgIpc) is 2.28. The number of hydrogen-bond donors (Lipinski definition) is 1. The summed E-state index contributed by atoms with van der Waals surface area (Å²) in [6.45, 7) is 6.23. The molecule has 0 saturated heterocycles. The third-order valence-electron chi connectivity index (χ3n) is 4.04. The van der Waals surface area contributed by atoms with Crippen LogP contribution in [0.4, 0.5) is 0 Å². The maximum Gasteiger partial charge on any atom is 0.155 e. The lowest BCUT2D eigenvalue weighted by molar-refractivity contribution is -0.129. The Hall–Kier alpha value is -0.370. The third kappa shape index (κ3) is 3.04. The Morgan fingerprint density at radius 2 is 1.80 bits per heavy atom. The second-order valence-electron chi connectivity index (χ2n) is 5.37. The van der Waals surface area contributed by atoms with Gasteiger partial charge in [0.25, 0.3) is 0 Å². The van der Waals surface area contributed by atoms with E-state index in [0.717, 1.165) is 18.8 Å². The van der Waals surface area contributed by atoms with Gasteiger partial charge in [-0.05, 0) is 52.5 Å². The number of hydrogen-bond acceptors (Lipinski definition) is 2. The van der Waals surface area contributed by atoms with Gasteiger partial charge in [0.2, 0.25) is 0 Å². The van der Waals surface area contributed by atoms with Gasteiger partial charge in [-0.15, -0.1) is 0 Å². The van der Waals surface area contributed by atoms with E-state index in [1.54, 1.807) is 0 Å². The largest absolute Gasteiger partial charge is 0.308 e. The van der Waals surface area contributed by atoms with Crippen molar-refractivity contribution in [3.63, 3.8) is 0 Å². The van der Waals surface area contributed by atoms with E-state index in [4.69, 9.17) is 0 Å². The quantitative estimate of drug-likeness (QED) is 0.774. The maximum atomic E-state index is 12.2. The summed E-state index contributed by atoms with van der Waals surface area (Å²) >= 11 is 0. The summed E-state index contributed by atoms with van der Waals surface area (Å²) in [5, 5.41) is 3.11. The predicted octanol–water partition coefficient (Wildman–Crippen LogP) is 2.77. The van der Waals surface area contributed by atoms with Crippen molar-refractivity contribution in [2.45, 2.75) is 58.4 Å². The van der Waals surface area contributed by atoms with Crippen molar-refractivity contribution in [3.8, 4) is 0 Å². The molecule has 0 amide bonds. The summed E-state index contributed by atoms with van der Waals surface area (Å²) in [6, 6.07) is 0. The zero-order chi connectivity index (χ0) is 11.5. The number of rotatable bonds is 4. The van der Waals surface area contributed by atoms with Crippen LogP contribution < -0.4 is 5.32 Å². The third-order valence-corrected chi connectivity index (χ3v) is 4.04. The van der Waals surface area contributed by atoms with E-state index in [1.807, 2.05) is 20.9 Å². The molecule has 2 nitrogen and oxygen atoms in total. The number of carbonyl (C=O) groups is 1. The van der Waals surface area contributed by atoms with Crippen LogP contribution in [0.3, 0.4) is 0 Å². The monoisotopic (exact) mass is 211 g/mol. The first kappa shape index (κ1) is 12.7. The molecule has 0 radical (unpaired) electrons. The molecule has 0 aliphatic heterocycles. The van der Waals surface area contributed by atoms with Gasteiger partial charge >= 0.3 is 0 Å². The van der Waals surface area contributed by atoms with Crippen molar-refractivity contribution < 1.29 is 4.79 Å². The van der Waals surface area contributed by atoms with E-state index in [1.165, 1.54) is 19.3 Å². The topological polar surface area (TPSA) is 29.1 Å². The van der Waals surface area contributed by atoms with E-state index in [-0.39, 0.29) is 5.54 Å². The molecule has 0 spiro atoms. The number of ketones is 1. The minimum absolute atomic E-state index is 0.301. The standard InChI is InChI=1S/C13H25NO/c1-5-10-6-8-11(9-7-10)12(15)13(2,3)14-4/h10-11,14H,5-9H2,1-4H3. The highest BCUT2D eigenvalue weighted by Crippen LogP contribution is 2.32. The number of nitrogens with one attached hydrogen (secondary N) is 1. The highest BCUT2D eigenvalue weighted by Gasteiger charge is 2.34. The molecule has 1 aliphatic rings. The molecule has 1 aliphatic carbocycles. The molecule has 0 unspecified atom stereocenters. The van der Waals surface area contributed by atoms with Crippen LogP contribution in [-0.2, 0) is 4.79 Å². The maximum absolute atomic E-state index is 12.2. The molecule has 15 heavy (non-hydrogen) atoms. The minimum Gasteiger partial charge on any atom is -0.308 e. The van der Waals surface area contributed by atoms with Gasteiger partial charge in [0.15, 0.2) is 5.78 Å². The normalized spacial score (nSPS) is 27.7. The summed E-state index contributed by atoms with van der Waals surface area (Å²) < 4.78 is 0. The van der Waals surface area contributed by atoms with Crippen LogP contribution in [0, 0.1) is 11.8 Å². The van der Waals surface area contributed by atoms with Gasteiger partial charge in [0.05, 0.1) is 5.54 Å². The Balaban J connectivity index is 2.50. The Bertz CT molecular complexity index is 215. The van der Waals surface area contributed by atoms with Gasteiger partial charge in [-0.25, -0.2) is 0 Å². The average molecular weight is 211 g/mol. The molecule has 0 aromatic rings. The fraction of sp³-hybridized carbons (Fsp3) is 0.923. The lowest BCUT2D eigenvalue weighted by atomic mass is 9.75. The summed E-state index contributed by atoms with van der Waals surface area (Å²) in [4.78, 5) is 12.2. The smallest absolute Gasteiger partial charge is 0.155 e. The van der Waals surface area contributed by atoms with Crippen LogP contribution in [0.15, 0.2) is 0 Å². The van der Waals surface area contributed by atoms with Gasteiger partial charge in [0, 0.05) is 5.92 Å². The lowest BCUT2D eigenvalue weighted by Crippen LogP contribution is -2.48. The predicted molar refractivity (Wildman–Crippen MR) is 63.9 cm³/mol. The van der Waals surface area contributed by atoms with E-state index < -0.39 is 0 Å². The zero-order valence-corrected chi connectivity index (χ0v) is 10.6. The Morgan fingerprint density at radius 3 is 2.20 bits per heavy atom. The van der Waals surface area contributed by atoms with Crippen molar-refractivity contribution in [1.29, 1.82) is 0 Å². The fourth-order valence-electron chi connectivity index (χ4n) is 2.47. The first-order chi connectivity index (χ1) is 7.01. The molecule has 1 rings (SSSR count). The summed E-state index contributed by atoms with van der Waals surface area (Å²) in [6.07, 6.45) is 5.96. The van der Waals surface area contributed by atoms with Crippen LogP contribution in [0.5, 0.6) is 0 Å². The van der Waals surface area contributed by atoms with Gasteiger partial charge in [-0.1, -0.05) is 13.3 Å². The van der Waals surface area contributed by atoms with Crippen LogP contribution in [0.2, 0.25) is 0 Å². The molecule has 0 heterocycles. The Kier molecular flexibility index (Phi) is 4.32. The van der Waals surface area contributed by atoms with Crippen LogP contribution >= 0.6 is 0 Å². The van der Waals surface area contributed by atoms with E-state index in [9.17, 15) is 4.79 Å². The Morgan fingerprint density at radius 1 is 1.27 bits per heavy atom. The number of carbonyl (C=O) groups excluding carboxylic acids is 1. The second kappa shape index (κ2) is 5.11. The first-order valence-electron chi connectivity index (χ1n) is 6.24.